The number of piperidine rings is 1. The van der Waals surface area contributed by atoms with Crippen molar-refractivity contribution in [2.24, 2.45) is 5.92 Å². The van der Waals surface area contributed by atoms with Crippen LogP contribution >= 0.6 is 0 Å². The van der Waals surface area contributed by atoms with Gasteiger partial charge in [0, 0.05) is 38.9 Å². The van der Waals surface area contributed by atoms with Gasteiger partial charge >= 0.3 is 0 Å². The standard InChI is InChI=1S/C21H28N4O/c26-15-17-5-3-11-25(14-17)21-13-20(22-16-23-21)24-10-4-8-18-6-1-2-7-19(18)9-12-24/h1-2,6-7,13,16-17,26H,3-5,8-12,14-15H2. The SMILES string of the molecule is OCC1CCCN(c2cc(N3CCCc4ccccc4CC3)ncn2)C1. The number of aryl methyl sites for hydroxylation is 1. The molecular formula is C21H28N4O. The molecule has 1 saturated heterocycles. The maximum absolute atomic E-state index is 9.48. The molecule has 0 spiro atoms. The normalized spacial score (nSPS) is 21.0. The van der Waals surface area contributed by atoms with E-state index in [9.17, 15) is 5.11 Å². The van der Waals surface area contributed by atoms with Crippen LogP contribution in [0.3, 0.4) is 0 Å². The maximum atomic E-state index is 9.48. The molecule has 3 heterocycles. The average Bonchev–Trinajstić information content (AvgIpc) is 2.69. The Hall–Kier alpha value is -2.14. The molecule has 0 aliphatic carbocycles. The quantitative estimate of drug-likeness (QED) is 0.920. The molecule has 138 valence electrons. The molecule has 1 aromatic heterocycles. The van der Waals surface area contributed by atoms with E-state index in [2.05, 4.69) is 50.1 Å². The van der Waals surface area contributed by atoms with Crippen LogP contribution in [0.2, 0.25) is 0 Å². The highest BCUT2D eigenvalue weighted by molar-refractivity contribution is 5.51. The highest BCUT2D eigenvalue weighted by atomic mass is 16.3. The summed E-state index contributed by atoms with van der Waals surface area (Å²) in [6.07, 6.45) is 7.26. The van der Waals surface area contributed by atoms with E-state index in [1.807, 2.05) is 0 Å². The molecule has 2 aromatic rings. The van der Waals surface area contributed by atoms with Crippen LogP contribution in [-0.2, 0) is 12.8 Å². The van der Waals surface area contributed by atoms with Crippen LogP contribution in [0.5, 0.6) is 0 Å². The minimum Gasteiger partial charge on any atom is -0.396 e. The zero-order valence-corrected chi connectivity index (χ0v) is 15.3. The lowest BCUT2D eigenvalue weighted by Gasteiger charge is -2.33. The van der Waals surface area contributed by atoms with Gasteiger partial charge in [-0.1, -0.05) is 24.3 Å². The molecule has 1 atom stereocenters. The Morgan fingerprint density at radius 1 is 0.923 bits per heavy atom. The van der Waals surface area contributed by atoms with Crippen LogP contribution in [0.15, 0.2) is 36.7 Å². The van der Waals surface area contributed by atoms with Gasteiger partial charge in [0.2, 0.25) is 0 Å². The smallest absolute Gasteiger partial charge is 0.134 e. The Balaban J connectivity index is 1.49. The number of anilines is 2. The van der Waals surface area contributed by atoms with Gasteiger partial charge in [0.1, 0.15) is 18.0 Å². The van der Waals surface area contributed by atoms with E-state index in [4.69, 9.17) is 0 Å². The van der Waals surface area contributed by atoms with E-state index in [-0.39, 0.29) is 6.61 Å². The molecule has 0 bridgehead atoms. The number of hydrogen-bond acceptors (Lipinski definition) is 5. The molecule has 0 radical (unpaired) electrons. The second-order valence-electron chi connectivity index (χ2n) is 7.48. The van der Waals surface area contributed by atoms with Crippen LogP contribution in [0.4, 0.5) is 11.6 Å². The number of aliphatic hydroxyl groups is 1. The van der Waals surface area contributed by atoms with Gasteiger partial charge in [-0.05, 0) is 49.1 Å². The molecule has 26 heavy (non-hydrogen) atoms. The minimum atomic E-state index is 0.264. The van der Waals surface area contributed by atoms with Crippen molar-refractivity contribution < 1.29 is 5.11 Å². The fourth-order valence-corrected chi connectivity index (χ4v) is 4.21. The van der Waals surface area contributed by atoms with Gasteiger partial charge in [0.05, 0.1) is 0 Å². The summed E-state index contributed by atoms with van der Waals surface area (Å²) in [5.74, 6) is 2.39. The van der Waals surface area contributed by atoms with Gasteiger partial charge in [0.15, 0.2) is 0 Å². The number of fused-ring (bicyclic) bond motifs is 1. The van der Waals surface area contributed by atoms with E-state index in [1.165, 1.54) is 11.1 Å². The van der Waals surface area contributed by atoms with Gasteiger partial charge in [0.25, 0.3) is 0 Å². The lowest BCUT2D eigenvalue weighted by molar-refractivity contribution is 0.208. The predicted molar refractivity (Wildman–Crippen MR) is 105 cm³/mol. The van der Waals surface area contributed by atoms with E-state index in [0.29, 0.717) is 5.92 Å². The molecule has 2 aliphatic heterocycles. The Labute approximate surface area is 155 Å². The van der Waals surface area contributed by atoms with Gasteiger partial charge in [-0.15, -0.1) is 0 Å². The number of nitrogens with zero attached hydrogens (tertiary/aromatic N) is 4. The van der Waals surface area contributed by atoms with Gasteiger partial charge in [-0.3, -0.25) is 0 Å². The van der Waals surface area contributed by atoms with E-state index < -0.39 is 0 Å². The summed E-state index contributed by atoms with van der Waals surface area (Å²) in [5, 5.41) is 9.48. The fourth-order valence-electron chi connectivity index (χ4n) is 4.21. The molecule has 1 unspecified atom stereocenters. The minimum absolute atomic E-state index is 0.264. The summed E-state index contributed by atoms with van der Waals surface area (Å²) in [4.78, 5) is 13.8. The van der Waals surface area contributed by atoms with Gasteiger partial charge in [-0.2, -0.15) is 0 Å². The first-order chi connectivity index (χ1) is 12.8. The molecule has 5 heteroatoms. The number of hydrogen-bond donors (Lipinski definition) is 1. The highest BCUT2D eigenvalue weighted by Gasteiger charge is 2.21. The number of aliphatic hydroxyl groups excluding tert-OH is 1. The summed E-state index contributed by atoms with van der Waals surface area (Å²) >= 11 is 0. The first kappa shape index (κ1) is 17.3. The van der Waals surface area contributed by atoms with Crippen LogP contribution in [-0.4, -0.2) is 47.9 Å². The Morgan fingerprint density at radius 3 is 2.46 bits per heavy atom. The monoisotopic (exact) mass is 352 g/mol. The largest absolute Gasteiger partial charge is 0.396 e. The third-order valence-corrected chi connectivity index (χ3v) is 5.71. The van der Waals surface area contributed by atoms with Gasteiger partial charge in [-0.25, -0.2) is 9.97 Å². The van der Waals surface area contributed by atoms with E-state index >= 15 is 0 Å². The number of aromatic nitrogens is 2. The molecule has 1 N–H and O–H groups in total. The molecule has 0 saturated carbocycles. The molecule has 1 fully saturated rings. The lowest BCUT2D eigenvalue weighted by atomic mass is 9.98. The second kappa shape index (κ2) is 8.04. The highest BCUT2D eigenvalue weighted by Crippen LogP contribution is 2.25. The van der Waals surface area contributed by atoms with Crippen molar-refractivity contribution in [3.63, 3.8) is 0 Å². The lowest BCUT2D eigenvalue weighted by Crippen LogP contribution is -2.37. The van der Waals surface area contributed by atoms with E-state index in [1.54, 1.807) is 6.33 Å². The fraction of sp³-hybridized carbons (Fsp3) is 0.524. The topological polar surface area (TPSA) is 52.5 Å². The van der Waals surface area contributed by atoms with E-state index in [0.717, 1.165) is 69.9 Å². The molecule has 1 aromatic carbocycles. The Morgan fingerprint density at radius 2 is 1.65 bits per heavy atom. The first-order valence-corrected chi connectivity index (χ1v) is 9.83. The number of rotatable bonds is 3. The number of benzene rings is 1. The zero-order chi connectivity index (χ0) is 17.8. The second-order valence-corrected chi connectivity index (χ2v) is 7.48. The van der Waals surface area contributed by atoms with Crippen molar-refractivity contribution >= 4 is 11.6 Å². The van der Waals surface area contributed by atoms with Crippen LogP contribution in [0.1, 0.15) is 30.4 Å². The summed E-state index contributed by atoms with van der Waals surface area (Å²) in [7, 11) is 0. The van der Waals surface area contributed by atoms with Crippen molar-refractivity contribution in [1.82, 2.24) is 9.97 Å². The predicted octanol–water partition coefficient (Wildman–Crippen LogP) is 2.68. The molecule has 2 aliphatic rings. The third kappa shape index (κ3) is 3.83. The summed E-state index contributed by atoms with van der Waals surface area (Å²) in [6.45, 7) is 4.19. The van der Waals surface area contributed by atoms with Crippen LogP contribution in [0.25, 0.3) is 0 Å². The summed E-state index contributed by atoms with van der Waals surface area (Å²) in [5.41, 5.74) is 2.96. The van der Waals surface area contributed by atoms with Gasteiger partial charge < -0.3 is 14.9 Å². The van der Waals surface area contributed by atoms with Crippen molar-refractivity contribution in [2.45, 2.75) is 32.1 Å². The maximum Gasteiger partial charge on any atom is 0.134 e. The van der Waals surface area contributed by atoms with Crippen molar-refractivity contribution in [3.8, 4) is 0 Å². The van der Waals surface area contributed by atoms with Crippen LogP contribution in [0, 0.1) is 5.92 Å². The first-order valence-electron chi connectivity index (χ1n) is 9.83. The zero-order valence-electron chi connectivity index (χ0n) is 15.3. The summed E-state index contributed by atoms with van der Waals surface area (Å²) in [6, 6.07) is 10.9. The average molecular weight is 352 g/mol. The Bertz CT molecular complexity index is 735. The third-order valence-electron chi connectivity index (χ3n) is 5.71. The van der Waals surface area contributed by atoms with Crippen molar-refractivity contribution in [1.29, 1.82) is 0 Å². The Kier molecular flexibility index (Phi) is 5.34. The molecule has 5 nitrogen and oxygen atoms in total. The molecule has 4 rings (SSSR count). The summed E-state index contributed by atoms with van der Waals surface area (Å²) < 4.78 is 0. The molecule has 0 amide bonds. The van der Waals surface area contributed by atoms with Crippen molar-refractivity contribution in [2.75, 3.05) is 42.6 Å². The molecular weight excluding hydrogens is 324 g/mol. The van der Waals surface area contributed by atoms with Crippen molar-refractivity contribution in [3.05, 3.63) is 47.8 Å². The van der Waals surface area contributed by atoms with Crippen LogP contribution < -0.4 is 9.80 Å².